The molecule has 4 heteroatoms. The summed E-state index contributed by atoms with van der Waals surface area (Å²) < 4.78 is 2.04. The second kappa shape index (κ2) is 6.10. The topological polar surface area (TPSA) is 25.2 Å². The normalized spacial score (nSPS) is 17.7. The van der Waals surface area contributed by atoms with Gasteiger partial charge >= 0.3 is 0 Å². The van der Waals surface area contributed by atoms with Crippen LogP contribution in [0.15, 0.2) is 30.5 Å². The second-order valence-electron chi connectivity index (χ2n) is 5.81. The molecule has 3 nitrogen and oxygen atoms in total. The van der Waals surface area contributed by atoms with Gasteiger partial charge in [-0.2, -0.15) is 0 Å². The molecule has 1 aromatic carbocycles. The minimum atomic E-state index is -0.181. The van der Waals surface area contributed by atoms with Gasteiger partial charge in [-0.05, 0) is 38.0 Å². The fourth-order valence-electron chi connectivity index (χ4n) is 3.16. The third-order valence-corrected chi connectivity index (χ3v) is 4.73. The minimum Gasteiger partial charge on any atom is -0.341 e. The molecule has 0 aliphatic carbocycles. The molecule has 1 amide bonds. The van der Waals surface area contributed by atoms with E-state index in [1.807, 2.05) is 46.9 Å². The van der Waals surface area contributed by atoms with Gasteiger partial charge in [-0.1, -0.05) is 30.5 Å². The Kier molecular flexibility index (Phi) is 4.20. The Morgan fingerprint density at radius 1 is 1.14 bits per heavy atom. The predicted octanol–water partition coefficient (Wildman–Crippen LogP) is 4.26. The van der Waals surface area contributed by atoms with Crippen molar-refractivity contribution >= 4 is 28.4 Å². The van der Waals surface area contributed by atoms with Gasteiger partial charge in [-0.15, -0.1) is 0 Å². The number of nitrogens with zero attached hydrogens (tertiary/aromatic N) is 2. The van der Waals surface area contributed by atoms with Crippen molar-refractivity contribution in [1.82, 2.24) is 9.47 Å². The van der Waals surface area contributed by atoms with Crippen LogP contribution in [0.4, 0.5) is 0 Å². The van der Waals surface area contributed by atoms with Crippen molar-refractivity contribution in [3.63, 3.8) is 0 Å². The number of amides is 1. The zero-order valence-corrected chi connectivity index (χ0v) is 13.1. The number of aromatic nitrogens is 1. The average molecular weight is 305 g/mol. The van der Waals surface area contributed by atoms with Crippen molar-refractivity contribution in [3.8, 4) is 0 Å². The molecule has 1 saturated heterocycles. The molecule has 1 fully saturated rings. The van der Waals surface area contributed by atoms with Crippen LogP contribution in [0, 0.1) is 0 Å². The molecule has 1 aliphatic rings. The van der Waals surface area contributed by atoms with Crippen LogP contribution in [-0.2, 0) is 4.79 Å². The molecule has 0 radical (unpaired) electrons. The van der Waals surface area contributed by atoms with E-state index in [2.05, 4.69) is 0 Å². The average Bonchev–Trinajstić information content (AvgIpc) is 2.74. The number of hydrogen-bond donors (Lipinski definition) is 0. The Bertz CT molecular complexity index is 641. The van der Waals surface area contributed by atoms with Gasteiger partial charge in [0.15, 0.2) is 0 Å². The van der Waals surface area contributed by atoms with E-state index in [1.54, 1.807) is 0 Å². The Morgan fingerprint density at radius 3 is 2.57 bits per heavy atom. The Morgan fingerprint density at radius 2 is 1.86 bits per heavy atom. The summed E-state index contributed by atoms with van der Waals surface area (Å²) in [6.07, 6.45) is 6.69. The molecule has 0 saturated carbocycles. The van der Waals surface area contributed by atoms with Crippen LogP contribution in [0.2, 0.25) is 5.02 Å². The monoisotopic (exact) mass is 304 g/mol. The zero-order chi connectivity index (χ0) is 14.8. The summed E-state index contributed by atoms with van der Waals surface area (Å²) in [6.45, 7) is 3.76. The maximum Gasteiger partial charge on any atom is 0.245 e. The standard InChI is InChI=1S/C17H21ClN2O/c1-13(17(21)19-10-4-2-3-5-11-19)20-12-9-14-15(18)7-6-8-16(14)20/h6-9,12-13H,2-5,10-11H2,1H3. The molecule has 1 aromatic heterocycles. The summed E-state index contributed by atoms with van der Waals surface area (Å²) in [5.41, 5.74) is 1.03. The predicted molar refractivity (Wildman–Crippen MR) is 86.7 cm³/mol. The molecule has 2 aromatic rings. The van der Waals surface area contributed by atoms with Gasteiger partial charge in [-0.25, -0.2) is 0 Å². The van der Waals surface area contributed by atoms with Gasteiger partial charge in [0.2, 0.25) is 5.91 Å². The first-order valence-corrected chi connectivity index (χ1v) is 8.10. The molecule has 112 valence electrons. The minimum absolute atomic E-state index is 0.181. The smallest absolute Gasteiger partial charge is 0.245 e. The van der Waals surface area contributed by atoms with Crippen LogP contribution in [0.5, 0.6) is 0 Å². The lowest BCUT2D eigenvalue weighted by atomic mass is 10.2. The van der Waals surface area contributed by atoms with Crippen molar-refractivity contribution in [1.29, 1.82) is 0 Å². The quantitative estimate of drug-likeness (QED) is 0.814. The lowest BCUT2D eigenvalue weighted by molar-refractivity contribution is -0.134. The number of rotatable bonds is 2. The number of hydrogen-bond acceptors (Lipinski definition) is 1. The van der Waals surface area contributed by atoms with Crippen LogP contribution >= 0.6 is 11.6 Å². The van der Waals surface area contributed by atoms with Crippen molar-refractivity contribution in [2.45, 2.75) is 38.6 Å². The maximum absolute atomic E-state index is 12.7. The van der Waals surface area contributed by atoms with Crippen molar-refractivity contribution in [2.24, 2.45) is 0 Å². The highest BCUT2D eigenvalue weighted by Crippen LogP contribution is 2.27. The van der Waals surface area contributed by atoms with E-state index in [0.29, 0.717) is 0 Å². The van der Waals surface area contributed by atoms with E-state index < -0.39 is 0 Å². The molecule has 0 bridgehead atoms. The molecular formula is C17H21ClN2O. The van der Waals surface area contributed by atoms with Crippen molar-refractivity contribution in [3.05, 3.63) is 35.5 Å². The molecule has 0 N–H and O–H groups in total. The van der Waals surface area contributed by atoms with Gasteiger partial charge in [0.25, 0.3) is 0 Å². The van der Waals surface area contributed by atoms with E-state index in [0.717, 1.165) is 41.9 Å². The summed E-state index contributed by atoms with van der Waals surface area (Å²) in [4.78, 5) is 14.8. The summed E-state index contributed by atoms with van der Waals surface area (Å²) in [5.74, 6) is 0.217. The van der Waals surface area contributed by atoms with Gasteiger partial charge in [0, 0.05) is 29.7 Å². The lowest BCUT2D eigenvalue weighted by Gasteiger charge is -2.25. The molecular weight excluding hydrogens is 284 g/mol. The van der Waals surface area contributed by atoms with Crippen LogP contribution in [-0.4, -0.2) is 28.5 Å². The van der Waals surface area contributed by atoms with E-state index in [9.17, 15) is 4.79 Å². The number of halogens is 1. The first kappa shape index (κ1) is 14.5. The summed E-state index contributed by atoms with van der Waals surface area (Å²) >= 11 is 6.22. The molecule has 1 aliphatic heterocycles. The number of fused-ring (bicyclic) bond motifs is 1. The Hall–Kier alpha value is -1.48. The number of likely N-dealkylation sites (tertiary alicyclic amines) is 1. The van der Waals surface area contributed by atoms with E-state index >= 15 is 0 Å². The van der Waals surface area contributed by atoms with Gasteiger partial charge < -0.3 is 9.47 Å². The van der Waals surface area contributed by atoms with Gasteiger partial charge in [0.1, 0.15) is 6.04 Å². The van der Waals surface area contributed by atoms with Crippen LogP contribution < -0.4 is 0 Å². The van der Waals surface area contributed by atoms with Crippen molar-refractivity contribution < 1.29 is 4.79 Å². The lowest BCUT2D eigenvalue weighted by Crippen LogP contribution is -2.36. The molecule has 3 rings (SSSR count). The largest absolute Gasteiger partial charge is 0.341 e. The third kappa shape index (κ3) is 2.80. The Labute approximate surface area is 130 Å². The molecule has 1 atom stereocenters. The fraction of sp³-hybridized carbons (Fsp3) is 0.471. The zero-order valence-electron chi connectivity index (χ0n) is 12.4. The third-order valence-electron chi connectivity index (χ3n) is 4.40. The van der Waals surface area contributed by atoms with E-state index in [1.165, 1.54) is 12.8 Å². The highest BCUT2D eigenvalue weighted by Gasteiger charge is 2.23. The fourth-order valence-corrected chi connectivity index (χ4v) is 3.40. The summed E-state index contributed by atoms with van der Waals surface area (Å²) in [5, 5.41) is 1.75. The number of carbonyl (C=O) groups excluding carboxylic acids is 1. The van der Waals surface area contributed by atoms with Crippen LogP contribution in [0.1, 0.15) is 38.6 Å². The van der Waals surface area contributed by atoms with E-state index in [-0.39, 0.29) is 11.9 Å². The van der Waals surface area contributed by atoms with E-state index in [4.69, 9.17) is 11.6 Å². The molecule has 2 heterocycles. The van der Waals surface area contributed by atoms with Crippen LogP contribution in [0.25, 0.3) is 10.9 Å². The van der Waals surface area contributed by atoms with Gasteiger partial charge in [-0.3, -0.25) is 4.79 Å². The summed E-state index contributed by atoms with van der Waals surface area (Å²) in [7, 11) is 0. The number of carbonyl (C=O) groups is 1. The number of benzene rings is 1. The summed E-state index contributed by atoms with van der Waals surface area (Å²) in [6, 6.07) is 7.65. The highest BCUT2D eigenvalue weighted by atomic mass is 35.5. The van der Waals surface area contributed by atoms with Crippen molar-refractivity contribution in [2.75, 3.05) is 13.1 Å². The van der Waals surface area contributed by atoms with Gasteiger partial charge in [0.05, 0.1) is 5.52 Å². The molecule has 21 heavy (non-hydrogen) atoms. The highest BCUT2D eigenvalue weighted by molar-refractivity contribution is 6.35. The first-order chi connectivity index (χ1) is 10.2. The molecule has 0 spiro atoms. The first-order valence-electron chi connectivity index (χ1n) is 7.72. The SMILES string of the molecule is CC(C(=O)N1CCCCCC1)n1ccc2c(Cl)cccc21. The molecule has 1 unspecified atom stereocenters. The maximum atomic E-state index is 12.7. The second-order valence-corrected chi connectivity index (χ2v) is 6.22. The van der Waals surface area contributed by atoms with Crippen LogP contribution in [0.3, 0.4) is 0 Å². The Balaban J connectivity index is 1.87.